The van der Waals surface area contributed by atoms with Gasteiger partial charge in [-0.3, -0.25) is 9.59 Å². The van der Waals surface area contributed by atoms with Gasteiger partial charge in [0.2, 0.25) is 0 Å². The van der Waals surface area contributed by atoms with E-state index in [2.05, 4.69) is 10.6 Å². The fraction of sp³-hybridized carbons (Fsp3) is 0.333. The van der Waals surface area contributed by atoms with Crippen LogP contribution in [0.25, 0.3) is 0 Å². The van der Waals surface area contributed by atoms with E-state index in [9.17, 15) is 9.59 Å². The molecule has 2 aromatic rings. The molecule has 0 aliphatic carbocycles. The van der Waals surface area contributed by atoms with Crippen LogP contribution in [0.4, 0.5) is 0 Å². The predicted octanol–water partition coefficient (Wildman–Crippen LogP) is 3.05. The number of hydrogen-bond acceptors (Lipinski definition) is 3. The van der Waals surface area contributed by atoms with Gasteiger partial charge in [0.15, 0.2) is 0 Å². The highest BCUT2D eigenvalue weighted by atomic mass is 16.5. The minimum absolute atomic E-state index is 0.123. The van der Waals surface area contributed by atoms with Crippen molar-refractivity contribution in [3.8, 4) is 5.75 Å². The number of para-hydroxylation sites is 1. The van der Waals surface area contributed by atoms with Crippen molar-refractivity contribution >= 4 is 11.8 Å². The van der Waals surface area contributed by atoms with Crippen LogP contribution < -0.4 is 15.4 Å². The highest BCUT2D eigenvalue weighted by molar-refractivity contribution is 5.97. The topological polar surface area (TPSA) is 67.4 Å². The average molecular weight is 354 g/mol. The zero-order valence-corrected chi connectivity index (χ0v) is 15.5. The molecule has 5 heteroatoms. The van der Waals surface area contributed by atoms with Crippen LogP contribution in [0.3, 0.4) is 0 Å². The molecule has 138 valence electrons. The van der Waals surface area contributed by atoms with Crippen molar-refractivity contribution < 1.29 is 14.3 Å². The van der Waals surface area contributed by atoms with Gasteiger partial charge in [-0.15, -0.1) is 0 Å². The maximum Gasteiger partial charge on any atom is 0.251 e. The molecule has 2 amide bonds. The Hall–Kier alpha value is -2.82. The third-order valence-electron chi connectivity index (χ3n) is 3.95. The summed E-state index contributed by atoms with van der Waals surface area (Å²) in [6, 6.07) is 14.4. The summed E-state index contributed by atoms with van der Waals surface area (Å²) in [5, 5.41) is 5.75. The molecule has 0 heterocycles. The fourth-order valence-corrected chi connectivity index (χ4v) is 2.49. The Bertz CT molecular complexity index is 739. The number of methoxy groups -OCH3 is 1. The van der Waals surface area contributed by atoms with Gasteiger partial charge >= 0.3 is 0 Å². The first kappa shape index (κ1) is 19.5. The monoisotopic (exact) mass is 354 g/mol. The van der Waals surface area contributed by atoms with Gasteiger partial charge in [-0.2, -0.15) is 0 Å². The Morgan fingerprint density at radius 3 is 2.08 bits per heavy atom. The maximum atomic E-state index is 12.2. The normalized spacial score (nSPS) is 10.5. The van der Waals surface area contributed by atoms with Crippen molar-refractivity contribution in [2.75, 3.05) is 20.2 Å². The molecular formula is C21H26N2O3. The number of rotatable bonds is 8. The molecule has 0 aliphatic rings. The summed E-state index contributed by atoms with van der Waals surface area (Å²) >= 11 is 0. The second kappa shape index (κ2) is 9.61. The lowest BCUT2D eigenvalue weighted by molar-refractivity contribution is 0.0939. The largest absolute Gasteiger partial charge is 0.496 e. The molecule has 0 saturated heterocycles. The predicted molar refractivity (Wildman–Crippen MR) is 103 cm³/mol. The van der Waals surface area contributed by atoms with Gasteiger partial charge in [-0.25, -0.2) is 0 Å². The van der Waals surface area contributed by atoms with Crippen LogP contribution >= 0.6 is 0 Å². The molecule has 0 aromatic heterocycles. The van der Waals surface area contributed by atoms with Gasteiger partial charge in [0.25, 0.3) is 11.8 Å². The Labute approximate surface area is 154 Å². The molecule has 2 aromatic carbocycles. The van der Waals surface area contributed by atoms with Gasteiger partial charge in [0.05, 0.1) is 7.11 Å². The van der Waals surface area contributed by atoms with Crippen molar-refractivity contribution in [1.29, 1.82) is 0 Å². The standard InChI is InChI=1S/C21H26N2O3/c1-15(2)14-23-21(25)18-10-8-17(9-11-18)20(24)22-13-12-16-6-4-5-7-19(16)26-3/h4-11,15H,12-14H2,1-3H3,(H,22,24)(H,23,25). The maximum absolute atomic E-state index is 12.2. The van der Waals surface area contributed by atoms with Gasteiger partial charge in [0.1, 0.15) is 5.75 Å². The highest BCUT2D eigenvalue weighted by Crippen LogP contribution is 2.17. The number of hydrogen-bond donors (Lipinski definition) is 2. The molecule has 0 aliphatic heterocycles. The summed E-state index contributed by atoms with van der Waals surface area (Å²) in [5.74, 6) is 0.932. The third kappa shape index (κ3) is 5.62. The van der Waals surface area contributed by atoms with Crippen molar-refractivity contribution in [3.63, 3.8) is 0 Å². The zero-order chi connectivity index (χ0) is 18.9. The molecule has 26 heavy (non-hydrogen) atoms. The van der Waals surface area contributed by atoms with E-state index in [1.54, 1.807) is 31.4 Å². The second-order valence-corrected chi connectivity index (χ2v) is 6.50. The molecule has 0 spiro atoms. The van der Waals surface area contributed by atoms with Crippen LogP contribution in [0.1, 0.15) is 40.1 Å². The van der Waals surface area contributed by atoms with Crippen LogP contribution in [0.2, 0.25) is 0 Å². The van der Waals surface area contributed by atoms with Crippen LogP contribution in [-0.4, -0.2) is 32.0 Å². The molecule has 0 fully saturated rings. The number of carbonyl (C=O) groups is 2. The summed E-state index contributed by atoms with van der Waals surface area (Å²) in [7, 11) is 1.64. The van der Waals surface area contributed by atoms with Crippen molar-refractivity contribution in [3.05, 3.63) is 65.2 Å². The fourth-order valence-electron chi connectivity index (χ4n) is 2.49. The first-order valence-electron chi connectivity index (χ1n) is 8.79. The van der Waals surface area contributed by atoms with Crippen LogP contribution in [-0.2, 0) is 6.42 Å². The Balaban J connectivity index is 1.86. The number of carbonyl (C=O) groups excluding carboxylic acids is 2. The Kier molecular flexibility index (Phi) is 7.21. The summed E-state index contributed by atoms with van der Waals surface area (Å²) in [5.41, 5.74) is 2.13. The molecule has 0 unspecified atom stereocenters. The van der Waals surface area contributed by atoms with Gasteiger partial charge in [0, 0.05) is 24.2 Å². The number of nitrogens with one attached hydrogen (secondary N) is 2. The number of ether oxygens (including phenoxy) is 1. The minimum Gasteiger partial charge on any atom is -0.496 e. The molecule has 0 saturated carbocycles. The Morgan fingerprint density at radius 1 is 0.923 bits per heavy atom. The average Bonchev–Trinajstić information content (AvgIpc) is 2.66. The number of amides is 2. The molecule has 0 atom stereocenters. The smallest absolute Gasteiger partial charge is 0.251 e. The first-order valence-corrected chi connectivity index (χ1v) is 8.79. The summed E-state index contributed by atoms with van der Waals surface area (Å²) < 4.78 is 5.31. The lowest BCUT2D eigenvalue weighted by Gasteiger charge is -2.10. The van der Waals surface area contributed by atoms with Crippen LogP contribution in [0.15, 0.2) is 48.5 Å². The molecular weight excluding hydrogens is 328 g/mol. The summed E-state index contributed by atoms with van der Waals surface area (Å²) in [4.78, 5) is 24.2. The van der Waals surface area contributed by atoms with E-state index in [1.807, 2.05) is 38.1 Å². The SMILES string of the molecule is COc1ccccc1CCNC(=O)c1ccc(C(=O)NCC(C)C)cc1. The third-order valence-corrected chi connectivity index (χ3v) is 3.95. The van der Waals surface area contributed by atoms with E-state index in [4.69, 9.17) is 4.74 Å². The van der Waals surface area contributed by atoms with Crippen molar-refractivity contribution in [2.24, 2.45) is 5.92 Å². The summed E-state index contributed by atoms with van der Waals surface area (Å²) in [6.45, 7) is 5.22. The van der Waals surface area contributed by atoms with Crippen LogP contribution in [0, 0.1) is 5.92 Å². The van der Waals surface area contributed by atoms with Crippen molar-refractivity contribution in [1.82, 2.24) is 10.6 Å². The number of benzene rings is 2. The highest BCUT2D eigenvalue weighted by Gasteiger charge is 2.09. The van der Waals surface area contributed by atoms with Gasteiger partial charge in [-0.1, -0.05) is 32.0 Å². The second-order valence-electron chi connectivity index (χ2n) is 6.50. The molecule has 2 N–H and O–H groups in total. The van der Waals surface area contributed by atoms with E-state index in [0.717, 1.165) is 11.3 Å². The van der Waals surface area contributed by atoms with E-state index in [1.165, 1.54) is 0 Å². The van der Waals surface area contributed by atoms with Gasteiger partial charge in [-0.05, 0) is 48.2 Å². The molecule has 5 nitrogen and oxygen atoms in total. The van der Waals surface area contributed by atoms with Crippen LogP contribution in [0.5, 0.6) is 5.75 Å². The first-order chi connectivity index (χ1) is 12.5. The quantitative estimate of drug-likeness (QED) is 0.766. The van der Waals surface area contributed by atoms with E-state index in [0.29, 0.717) is 36.6 Å². The molecule has 0 radical (unpaired) electrons. The molecule has 2 rings (SSSR count). The van der Waals surface area contributed by atoms with E-state index in [-0.39, 0.29) is 11.8 Å². The van der Waals surface area contributed by atoms with Crippen molar-refractivity contribution in [2.45, 2.75) is 20.3 Å². The van der Waals surface area contributed by atoms with Gasteiger partial charge < -0.3 is 15.4 Å². The minimum atomic E-state index is -0.158. The summed E-state index contributed by atoms with van der Waals surface area (Å²) in [6.07, 6.45) is 0.686. The lowest BCUT2D eigenvalue weighted by atomic mass is 10.1. The lowest BCUT2D eigenvalue weighted by Crippen LogP contribution is -2.28. The Morgan fingerprint density at radius 2 is 1.50 bits per heavy atom. The van der Waals surface area contributed by atoms with E-state index < -0.39 is 0 Å². The molecule has 0 bridgehead atoms. The van der Waals surface area contributed by atoms with E-state index >= 15 is 0 Å². The zero-order valence-electron chi connectivity index (χ0n) is 15.5.